The molecule has 120 valence electrons. The third-order valence-corrected chi connectivity index (χ3v) is 5.02. The molecule has 4 heteroatoms. The van der Waals surface area contributed by atoms with Crippen molar-refractivity contribution in [3.05, 3.63) is 48.0 Å². The summed E-state index contributed by atoms with van der Waals surface area (Å²) in [6.45, 7) is 2.85. The fraction of sp³-hybridized carbons (Fsp3) is 0.421. The molecule has 5 rings (SSSR count). The topological polar surface area (TPSA) is 60.2 Å². The fourth-order valence-corrected chi connectivity index (χ4v) is 3.82. The Bertz CT molecular complexity index is 672. The molecule has 2 aromatic rings. The first-order chi connectivity index (χ1) is 11.2. The second kappa shape index (κ2) is 5.95. The standard InChI is InChI=1S/C19H23N3O/c20-18-3-1-2-17(22-18)16-6-4-14(5-7-16)8-9-21-19-10-15(11-19)12-23-13-19/h1-7,15,21H,8-13H2,(H2,20,22). The number of benzene rings is 1. The average Bonchev–Trinajstić information content (AvgIpc) is 2.55. The Kier molecular flexibility index (Phi) is 3.79. The van der Waals surface area contributed by atoms with Crippen molar-refractivity contribution in [2.75, 3.05) is 25.5 Å². The molecule has 4 nitrogen and oxygen atoms in total. The lowest BCUT2D eigenvalue weighted by Gasteiger charge is -2.52. The summed E-state index contributed by atoms with van der Waals surface area (Å²) >= 11 is 0. The Morgan fingerprint density at radius 2 is 2.00 bits per heavy atom. The van der Waals surface area contributed by atoms with E-state index in [0.717, 1.165) is 43.4 Å². The summed E-state index contributed by atoms with van der Waals surface area (Å²) in [5, 5.41) is 3.71. The van der Waals surface area contributed by atoms with Gasteiger partial charge in [0.1, 0.15) is 5.82 Å². The van der Waals surface area contributed by atoms with Gasteiger partial charge < -0.3 is 15.8 Å². The molecule has 1 aromatic heterocycles. The smallest absolute Gasteiger partial charge is 0.124 e. The van der Waals surface area contributed by atoms with Crippen LogP contribution in [0.3, 0.4) is 0 Å². The van der Waals surface area contributed by atoms with Crippen molar-refractivity contribution in [1.82, 2.24) is 10.3 Å². The minimum absolute atomic E-state index is 0.272. The van der Waals surface area contributed by atoms with Crippen LogP contribution in [0.15, 0.2) is 42.5 Å². The van der Waals surface area contributed by atoms with Crippen molar-refractivity contribution in [2.45, 2.75) is 24.8 Å². The quantitative estimate of drug-likeness (QED) is 0.891. The zero-order valence-corrected chi connectivity index (χ0v) is 13.3. The highest BCUT2D eigenvalue weighted by Gasteiger charge is 2.47. The highest BCUT2D eigenvalue weighted by atomic mass is 16.5. The summed E-state index contributed by atoms with van der Waals surface area (Å²) in [6.07, 6.45) is 3.61. The molecule has 3 N–H and O–H groups in total. The Balaban J connectivity index is 1.33. The van der Waals surface area contributed by atoms with Gasteiger partial charge >= 0.3 is 0 Å². The Labute approximate surface area is 137 Å². The number of pyridine rings is 1. The number of hydrogen-bond acceptors (Lipinski definition) is 4. The molecular formula is C19H23N3O. The molecular weight excluding hydrogens is 286 g/mol. The highest BCUT2D eigenvalue weighted by molar-refractivity contribution is 5.61. The van der Waals surface area contributed by atoms with Crippen molar-refractivity contribution in [1.29, 1.82) is 0 Å². The second-order valence-corrected chi connectivity index (χ2v) is 6.89. The molecule has 1 aliphatic carbocycles. The van der Waals surface area contributed by atoms with Crippen LogP contribution in [0.5, 0.6) is 0 Å². The molecule has 3 fully saturated rings. The number of aromatic nitrogens is 1. The maximum Gasteiger partial charge on any atom is 0.124 e. The van der Waals surface area contributed by atoms with E-state index in [1.54, 1.807) is 0 Å². The number of hydrogen-bond donors (Lipinski definition) is 2. The van der Waals surface area contributed by atoms with E-state index in [-0.39, 0.29) is 5.54 Å². The van der Waals surface area contributed by atoms with Crippen LogP contribution < -0.4 is 11.1 Å². The lowest BCUT2D eigenvalue weighted by atomic mass is 9.67. The van der Waals surface area contributed by atoms with Crippen LogP contribution in [0, 0.1) is 5.92 Å². The number of fused-ring (bicyclic) bond motifs is 2. The van der Waals surface area contributed by atoms with Gasteiger partial charge in [-0.2, -0.15) is 0 Å². The minimum Gasteiger partial charge on any atom is -0.384 e. The van der Waals surface area contributed by atoms with Gasteiger partial charge in [0, 0.05) is 17.7 Å². The monoisotopic (exact) mass is 309 g/mol. The molecule has 2 bridgehead atoms. The van der Waals surface area contributed by atoms with Crippen molar-refractivity contribution in [2.24, 2.45) is 5.92 Å². The Hall–Kier alpha value is -1.91. The van der Waals surface area contributed by atoms with Gasteiger partial charge in [-0.25, -0.2) is 4.98 Å². The SMILES string of the molecule is Nc1cccc(-c2ccc(CCNC34COCC(C3)C4)cc2)n1. The Morgan fingerprint density at radius 1 is 1.17 bits per heavy atom. The Morgan fingerprint density at radius 3 is 2.70 bits per heavy atom. The first-order valence-corrected chi connectivity index (χ1v) is 8.37. The van der Waals surface area contributed by atoms with Crippen LogP contribution >= 0.6 is 0 Å². The summed E-state index contributed by atoms with van der Waals surface area (Å²) in [7, 11) is 0. The lowest BCUT2D eigenvalue weighted by Crippen LogP contribution is -2.63. The van der Waals surface area contributed by atoms with Gasteiger partial charge in [-0.05, 0) is 49.4 Å². The highest BCUT2D eigenvalue weighted by Crippen LogP contribution is 2.42. The van der Waals surface area contributed by atoms with E-state index in [9.17, 15) is 0 Å². The van der Waals surface area contributed by atoms with E-state index in [4.69, 9.17) is 10.5 Å². The first kappa shape index (κ1) is 14.7. The lowest BCUT2D eigenvalue weighted by molar-refractivity contribution is -0.0957. The van der Waals surface area contributed by atoms with Gasteiger partial charge in [0.2, 0.25) is 0 Å². The molecule has 23 heavy (non-hydrogen) atoms. The summed E-state index contributed by atoms with van der Waals surface area (Å²) in [6, 6.07) is 14.3. The van der Waals surface area contributed by atoms with Gasteiger partial charge in [-0.1, -0.05) is 30.3 Å². The fourth-order valence-electron chi connectivity index (χ4n) is 3.82. The van der Waals surface area contributed by atoms with E-state index < -0.39 is 0 Å². The predicted octanol–water partition coefficient (Wildman–Crippen LogP) is 2.64. The van der Waals surface area contributed by atoms with Gasteiger partial charge in [0.25, 0.3) is 0 Å². The number of nitrogens with zero attached hydrogens (tertiary/aromatic N) is 1. The molecule has 3 aliphatic rings. The predicted molar refractivity (Wildman–Crippen MR) is 92.1 cm³/mol. The van der Waals surface area contributed by atoms with Gasteiger partial charge in [0.15, 0.2) is 0 Å². The maximum absolute atomic E-state index is 5.75. The zero-order valence-electron chi connectivity index (χ0n) is 13.3. The third kappa shape index (κ3) is 3.09. The van der Waals surface area contributed by atoms with Crippen LogP contribution in [0.1, 0.15) is 18.4 Å². The van der Waals surface area contributed by atoms with Gasteiger partial charge in [0.05, 0.1) is 12.3 Å². The van der Waals surface area contributed by atoms with Crippen molar-refractivity contribution >= 4 is 5.82 Å². The summed E-state index contributed by atoms with van der Waals surface area (Å²) in [4.78, 5) is 4.36. The number of anilines is 1. The number of nitrogen functional groups attached to an aromatic ring is 1. The molecule has 2 saturated heterocycles. The summed E-state index contributed by atoms with van der Waals surface area (Å²) in [5.74, 6) is 1.35. The maximum atomic E-state index is 5.75. The number of ether oxygens (including phenoxy) is 1. The molecule has 2 aliphatic heterocycles. The molecule has 0 radical (unpaired) electrons. The van der Waals surface area contributed by atoms with Crippen LogP contribution in [0.2, 0.25) is 0 Å². The van der Waals surface area contributed by atoms with Crippen LogP contribution in [-0.2, 0) is 11.2 Å². The normalized spacial score (nSPS) is 25.8. The third-order valence-electron chi connectivity index (χ3n) is 5.02. The number of nitrogens with two attached hydrogens (primary N) is 1. The summed E-state index contributed by atoms with van der Waals surface area (Å²) in [5.41, 5.74) is 9.39. The van der Waals surface area contributed by atoms with Crippen molar-refractivity contribution in [3.8, 4) is 11.3 Å². The zero-order chi connectivity index (χ0) is 15.7. The summed E-state index contributed by atoms with van der Waals surface area (Å²) < 4.78 is 5.63. The molecule has 3 heterocycles. The molecule has 0 unspecified atom stereocenters. The number of nitrogens with one attached hydrogen (secondary N) is 1. The van der Waals surface area contributed by atoms with E-state index >= 15 is 0 Å². The second-order valence-electron chi connectivity index (χ2n) is 6.89. The number of rotatable bonds is 5. The van der Waals surface area contributed by atoms with Crippen LogP contribution in [0.25, 0.3) is 11.3 Å². The minimum atomic E-state index is 0.272. The average molecular weight is 309 g/mol. The van der Waals surface area contributed by atoms with E-state index in [1.165, 1.54) is 18.4 Å². The first-order valence-electron chi connectivity index (χ1n) is 8.37. The molecule has 0 spiro atoms. The molecule has 1 aromatic carbocycles. The van der Waals surface area contributed by atoms with E-state index in [2.05, 4.69) is 34.6 Å². The van der Waals surface area contributed by atoms with E-state index in [0.29, 0.717) is 5.82 Å². The molecule has 0 amide bonds. The van der Waals surface area contributed by atoms with Gasteiger partial charge in [-0.3, -0.25) is 0 Å². The molecule has 1 saturated carbocycles. The largest absolute Gasteiger partial charge is 0.384 e. The van der Waals surface area contributed by atoms with Gasteiger partial charge in [-0.15, -0.1) is 0 Å². The molecule has 0 atom stereocenters. The van der Waals surface area contributed by atoms with Crippen LogP contribution in [-0.4, -0.2) is 30.3 Å². The van der Waals surface area contributed by atoms with E-state index in [1.807, 2.05) is 18.2 Å². The van der Waals surface area contributed by atoms with Crippen molar-refractivity contribution < 1.29 is 4.74 Å². The van der Waals surface area contributed by atoms with Crippen molar-refractivity contribution in [3.63, 3.8) is 0 Å². The van der Waals surface area contributed by atoms with Crippen LogP contribution in [0.4, 0.5) is 5.82 Å².